The topological polar surface area (TPSA) is 36.9 Å². The van der Waals surface area contributed by atoms with E-state index in [-0.39, 0.29) is 12.6 Å². The van der Waals surface area contributed by atoms with E-state index in [9.17, 15) is 0 Å². The molecule has 116 valence electrons. The van der Waals surface area contributed by atoms with Crippen LogP contribution in [0.2, 0.25) is 0 Å². The van der Waals surface area contributed by atoms with Gasteiger partial charge in [0.25, 0.3) is 0 Å². The van der Waals surface area contributed by atoms with E-state index in [0.717, 1.165) is 25.7 Å². The molecule has 0 radical (unpaired) electrons. The summed E-state index contributed by atoms with van der Waals surface area (Å²) in [4.78, 5) is 0. The number of hydrogen-bond donors (Lipinski definition) is 0. The van der Waals surface area contributed by atoms with Crippen LogP contribution >= 0.6 is 0 Å². The molecule has 0 aliphatic rings. The Bertz CT molecular complexity index is 142. The fourth-order valence-electron chi connectivity index (χ4n) is 1.52. The smallest absolute Gasteiger partial charge is 0.162 e. The molecule has 0 saturated heterocycles. The zero-order valence-corrected chi connectivity index (χ0v) is 13.2. The highest BCUT2D eigenvalue weighted by Crippen LogP contribution is 2.11. The highest BCUT2D eigenvalue weighted by Gasteiger charge is 2.18. The summed E-state index contributed by atoms with van der Waals surface area (Å²) in [5.41, 5.74) is 0. The van der Waals surface area contributed by atoms with Crippen molar-refractivity contribution < 1.29 is 18.9 Å². The first-order chi connectivity index (χ1) is 9.28. The van der Waals surface area contributed by atoms with Crippen LogP contribution in [-0.2, 0) is 18.9 Å². The van der Waals surface area contributed by atoms with E-state index in [1.807, 2.05) is 0 Å². The van der Waals surface area contributed by atoms with Gasteiger partial charge in [-0.3, -0.25) is 0 Å². The summed E-state index contributed by atoms with van der Waals surface area (Å²) in [6, 6.07) is 0. The molecule has 4 heteroatoms. The van der Waals surface area contributed by atoms with Crippen LogP contribution in [0.5, 0.6) is 0 Å². The number of ether oxygens (including phenoxy) is 4. The van der Waals surface area contributed by atoms with Crippen molar-refractivity contribution in [1.29, 1.82) is 0 Å². The Labute approximate surface area is 118 Å². The maximum atomic E-state index is 5.70. The maximum absolute atomic E-state index is 5.70. The van der Waals surface area contributed by atoms with Gasteiger partial charge in [-0.2, -0.15) is 0 Å². The second kappa shape index (κ2) is 14.3. The van der Waals surface area contributed by atoms with E-state index in [4.69, 9.17) is 18.9 Å². The Hall–Kier alpha value is -0.160. The lowest BCUT2D eigenvalue weighted by Crippen LogP contribution is -2.29. The zero-order valence-electron chi connectivity index (χ0n) is 13.2. The summed E-state index contributed by atoms with van der Waals surface area (Å²) in [6.07, 6.45) is 4.15. The van der Waals surface area contributed by atoms with Crippen LogP contribution in [0.3, 0.4) is 0 Å². The second-order valence-electron chi connectivity index (χ2n) is 4.58. The number of rotatable bonds is 14. The van der Waals surface area contributed by atoms with E-state index in [0.29, 0.717) is 32.8 Å². The molecule has 19 heavy (non-hydrogen) atoms. The molecule has 0 heterocycles. The van der Waals surface area contributed by atoms with Crippen molar-refractivity contribution in [3.8, 4) is 0 Å². The van der Waals surface area contributed by atoms with Crippen molar-refractivity contribution in [3.05, 3.63) is 0 Å². The standard InChI is InChI=1S/C15H32O4/c1-5-9-16-14(17-10-6-2)13-15(18-11-7-3)19-12-8-4/h14-15H,5-13H2,1-4H3. The van der Waals surface area contributed by atoms with Crippen molar-refractivity contribution in [3.63, 3.8) is 0 Å². The van der Waals surface area contributed by atoms with E-state index < -0.39 is 0 Å². The molecule has 0 aromatic heterocycles. The van der Waals surface area contributed by atoms with Gasteiger partial charge in [-0.15, -0.1) is 0 Å². The zero-order chi connectivity index (χ0) is 14.3. The molecule has 4 nitrogen and oxygen atoms in total. The molecular weight excluding hydrogens is 244 g/mol. The SMILES string of the molecule is CCCOC(CC(OCCC)OCCC)OCCC. The fourth-order valence-corrected chi connectivity index (χ4v) is 1.52. The average molecular weight is 276 g/mol. The Morgan fingerprint density at radius 1 is 0.526 bits per heavy atom. The second-order valence-corrected chi connectivity index (χ2v) is 4.58. The van der Waals surface area contributed by atoms with E-state index in [2.05, 4.69) is 27.7 Å². The van der Waals surface area contributed by atoms with Crippen LogP contribution in [0.15, 0.2) is 0 Å². The summed E-state index contributed by atoms with van der Waals surface area (Å²) < 4.78 is 22.8. The van der Waals surface area contributed by atoms with Gasteiger partial charge in [0.1, 0.15) is 0 Å². The fraction of sp³-hybridized carbons (Fsp3) is 1.00. The molecule has 0 aliphatic heterocycles. The molecule has 0 aromatic rings. The predicted octanol–water partition coefficient (Wildman–Crippen LogP) is 3.74. The minimum atomic E-state index is -0.224. The summed E-state index contributed by atoms with van der Waals surface area (Å²) in [7, 11) is 0. The van der Waals surface area contributed by atoms with Crippen LogP contribution in [0, 0.1) is 0 Å². The molecule has 0 unspecified atom stereocenters. The molecular formula is C15H32O4. The molecule has 0 fully saturated rings. The van der Waals surface area contributed by atoms with Gasteiger partial charge >= 0.3 is 0 Å². The summed E-state index contributed by atoms with van der Waals surface area (Å²) in [5.74, 6) is 0. The molecule has 0 aromatic carbocycles. The van der Waals surface area contributed by atoms with Gasteiger partial charge in [-0.25, -0.2) is 0 Å². The third kappa shape index (κ3) is 11.4. The Kier molecular flexibility index (Phi) is 14.1. The molecule has 0 bridgehead atoms. The third-order valence-electron chi connectivity index (χ3n) is 2.42. The minimum Gasteiger partial charge on any atom is -0.352 e. The van der Waals surface area contributed by atoms with Crippen molar-refractivity contribution >= 4 is 0 Å². The van der Waals surface area contributed by atoms with E-state index in [1.54, 1.807) is 0 Å². The van der Waals surface area contributed by atoms with Gasteiger partial charge in [0.2, 0.25) is 0 Å². The van der Waals surface area contributed by atoms with Gasteiger partial charge < -0.3 is 18.9 Å². The highest BCUT2D eigenvalue weighted by atomic mass is 16.7. The quantitative estimate of drug-likeness (QED) is 0.453. The molecule has 0 rings (SSSR count). The van der Waals surface area contributed by atoms with Crippen LogP contribution in [-0.4, -0.2) is 39.0 Å². The van der Waals surface area contributed by atoms with Crippen molar-refractivity contribution in [2.75, 3.05) is 26.4 Å². The monoisotopic (exact) mass is 276 g/mol. The molecule has 0 spiro atoms. The summed E-state index contributed by atoms with van der Waals surface area (Å²) in [6.45, 7) is 11.2. The first-order valence-corrected chi connectivity index (χ1v) is 7.74. The Morgan fingerprint density at radius 3 is 1.00 bits per heavy atom. The van der Waals surface area contributed by atoms with Gasteiger partial charge in [0.05, 0.1) is 0 Å². The molecule has 0 aliphatic carbocycles. The van der Waals surface area contributed by atoms with E-state index in [1.165, 1.54) is 0 Å². The van der Waals surface area contributed by atoms with Crippen molar-refractivity contribution in [2.45, 2.75) is 72.4 Å². The lowest BCUT2D eigenvalue weighted by molar-refractivity contribution is -0.213. The molecule has 0 saturated carbocycles. The summed E-state index contributed by atoms with van der Waals surface area (Å²) >= 11 is 0. The minimum absolute atomic E-state index is 0.224. The van der Waals surface area contributed by atoms with Gasteiger partial charge in [0, 0.05) is 32.8 Å². The Balaban J connectivity index is 4.16. The van der Waals surface area contributed by atoms with Crippen LogP contribution < -0.4 is 0 Å². The van der Waals surface area contributed by atoms with Gasteiger partial charge in [-0.05, 0) is 25.7 Å². The first kappa shape index (κ1) is 18.8. The maximum Gasteiger partial charge on any atom is 0.162 e. The highest BCUT2D eigenvalue weighted by molar-refractivity contribution is 4.53. The van der Waals surface area contributed by atoms with Crippen LogP contribution in [0.25, 0.3) is 0 Å². The summed E-state index contributed by atoms with van der Waals surface area (Å²) in [5, 5.41) is 0. The Morgan fingerprint density at radius 2 is 0.789 bits per heavy atom. The van der Waals surface area contributed by atoms with E-state index >= 15 is 0 Å². The third-order valence-corrected chi connectivity index (χ3v) is 2.42. The van der Waals surface area contributed by atoms with Crippen LogP contribution in [0.4, 0.5) is 0 Å². The largest absolute Gasteiger partial charge is 0.352 e. The first-order valence-electron chi connectivity index (χ1n) is 7.74. The predicted molar refractivity (Wildman–Crippen MR) is 77.2 cm³/mol. The van der Waals surface area contributed by atoms with Crippen molar-refractivity contribution in [1.82, 2.24) is 0 Å². The molecule has 0 atom stereocenters. The van der Waals surface area contributed by atoms with Crippen molar-refractivity contribution in [2.24, 2.45) is 0 Å². The lowest BCUT2D eigenvalue weighted by Gasteiger charge is -2.24. The normalized spacial score (nSPS) is 11.7. The molecule has 0 amide bonds. The van der Waals surface area contributed by atoms with Gasteiger partial charge in [-0.1, -0.05) is 27.7 Å². The van der Waals surface area contributed by atoms with Gasteiger partial charge in [0.15, 0.2) is 12.6 Å². The number of hydrogen-bond acceptors (Lipinski definition) is 4. The van der Waals surface area contributed by atoms with Crippen LogP contribution in [0.1, 0.15) is 59.8 Å². The lowest BCUT2D eigenvalue weighted by atomic mass is 10.3. The molecule has 0 N–H and O–H groups in total. The average Bonchev–Trinajstić information content (AvgIpc) is 2.44.